The van der Waals surface area contributed by atoms with Gasteiger partial charge >= 0.3 is 5.97 Å². The molecule has 0 saturated heterocycles. The molecule has 6 nitrogen and oxygen atoms in total. The molecule has 1 aliphatic carbocycles. The third kappa shape index (κ3) is 5.01. The standard InChI is InChI=1S/C10H20N2O4S/c1-16-9(13)7-17(14,15)12-8-10(11)5-3-2-4-6-10/h12H,2-8,11H2,1H3. The number of ether oxygens (including phenoxy) is 1. The largest absolute Gasteiger partial charge is 0.468 e. The lowest BCUT2D eigenvalue weighted by Gasteiger charge is -2.33. The van der Waals surface area contributed by atoms with Crippen LogP contribution in [0, 0.1) is 0 Å². The summed E-state index contributed by atoms with van der Waals surface area (Å²) in [4.78, 5) is 10.9. The molecule has 1 fully saturated rings. The summed E-state index contributed by atoms with van der Waals surface area (Å²) in [6.07, 6.45) is 4.82. The zero-order chi connectivity index (χ0) is 12.9. The maximum atomic E-state index is 11.5. The van der Waals surface area contributed by atoms with Crippen LogP contribution >= 0.6 is 0 Å². The molecular formula is C10H20N2O4S. The summed E-state index contributed by atoms with van der Waals surface area (Å²) >= 11 is 0. The van der Waals surface area contributed by atoms with Crippen LogP contribution in [0.4, 0.5) is 0 Å². The molecule has 1 saturated carbocycles. The first-order valence-corrected chi connectivity index (χ1v) is 7.35. The maximum absolute atomic E-state index is 11.5. The number of rotatable bonds is 5. The Morgan fingerprint density at radius 2 is 1.94 bits per heavy atom. The van der Waals surface area contributed by atoms with E-state index in [0.29, 0.717) is 0 Å². The van der Waals surface area contributed by atoms with Gasteiger partial charge < -0.3 is 10.5 Å². The van der Waals surface area contributed by atoms with Crippen molar-refractivity contribution in [3.8, 4) is 0 Å². The van der Waals surface area contributed by atoms with Crippen molar-refractivity contribution in [2.24, 2.45) is 5.73 Å². The van der Waals surface area contributed by atoms with Gasteiger partial charge in [0.15, 0.2) is 5.75 Å². The molecule has 0 aliphatic heterocycles. The van der Waals surface area contributed by atoms with Crippen LogP contribution in [0.25, 0.3) is 0 Å². The van der Waals surface area contributed by atoms with E-state index in [1.807, 2.05) is 0 Å². The highest BCUT2D eigenvalue weighted by Crippen LogP contribution is 2.25. The fraction of sp³-hybridized carbons (Fsp3) is 0.900. The van der Waals surface area contributed by atoms with E-state index in [2.05, 4.69) is 9.46 Å². The van der Waals surface area contributed by atoms with Crippen LogP contribution in [0.2, 0.25) is 0 Å². The van der Waals surface area contributed by atoms with Crippen LogP contribution in [0.15, 0.2) is 0 Å². The molecule has 0 heterocycles. The van der Waals surface area contributed by atoms with Crippen molar-refractivity contribution in [1.82, 2.24) is 4.72 Å². The molecule has 0 radical (unpaired) electrons. The Bertz CT molecular complexity index is 361. The van der Waals surface area contributed by atoms with E-state index in [9.17, 15) is 13.2 Å². The van der Waals surface area contributed by atoms with E-state index >= 15 is 0 Å². The first-order valence-electron chi connectivity index (χ1n) is 5.70. The number of esters is 1. The van der Waals surface area contributed by atoms with Gasteiger partial charge in [-0.15, -0.1) is 0 Å². The monoisotopic (exact) mass is 264 g/mol. The molecule has 17 heavy (non-hydrogen) atoms. The van der Waals surface area contributed by atoms with Gasteiger partial charge in [-0.05, 0) is 12.8 Å². The molecule has 7 heteroatoms. The number of nitrogens with one attached hydrogen (secondary N) is 1. The fourth-order valence-electron chi connectivity index (χ4n) is 1.95. The minimum absolute atomic E-state index is 0.187. The molecule has 0 amide bonds. The van der Waals surface area contributed by atoms with Crippen molar-refractivity contribution in [2.75, 3.05) is 19.4 Å². The van der Waals surface area contributed by atoms with E-state index in [0.717, 1.165) is 39.2 Å². The predicted molar refractivity (Wildman–Crippen MR) is 63.8 cm³/mol. The lowest BCUT2D eigenvalue weighted by molar-refractivity contribution is -0.137. The number of carbonyl (C=O) groups is 1. The lowest BCUT2D eigenvalue weighted by Crippen LogP contribution is -2.51. The molecule has 100 valence electrons. The highest BCUT2D eigenvalue weighted by molar-refractivity contribution is 7.90. The minimum Gasteiger partial charge on any atom is -0.468 e. The number of hydrogen-bond acceptors (Lipinski definition) is 5. The quantitative estimate of drug-likeness (QED) is 0.667. The van der Waals surface area contributed by atoms with Gasteiger partial charge in [-0.3, -0.25) is 4.79 Å². The molecule has 1 rings (SSSR count). The van der Waals surface area contributed by atoms with Gasteiger partial charge in [0.25, 0.3) is 0 Å². The number of methoxy groups -OCH3 is 1. The van der Waals surface area contributed by atoms with Crippen LogP contribution in [0.5, 0.6) is 0 Å². The van der Waals surface area contributed by atoms with Crippen molar-refractivity contribution in [1.29, 1.82) is 0 Å². The summed E-state index contributed by atoms with van der Waals surface area (Å²) in [5.74, 6) is -1.42. The van der Waals surface area contributed by atoms with E-state index in [4.69, 9.17) is 5.73 Å². The van der Waals surface area contributed by atoms with Crippen LogP contribution in [-0.4, -0.2) is 39.3 Å². The topological polar surface area (TPSA) is 98.5 Å². The Morgan fingerprint density at radius 1 is 1.35 bits per heavy atom. The predicted octanol–water partition coefficient (Wildman–Crippen LogP) is -0.260. The summed E-state index contributed by atoms with van der Waals surface area (Å²) in [5.41, 5.74) is 5.62. The third-order valence-corrected chi connectivity index (χ3v) is 4.23. The Kier molecular flexibility index (Phi) is 4.91. The average molecular weight is 264 g/mol. The SMILES string of the molecule is COC(=O)CS(=O)(=O)NCC1(N)CCCCC1. The maximum Gasteiger partial charge on any atom is 0.322 e. The highest BCUT2D eigenvalue weighted by atomic mass is 32.2. The van der Waals surface area contributed by atoms with Crippen LogP contribution in [0.1, 0.15) is 32.1 Å². The Morgan fingerprint density at radius 3 is 2.47 bits per heavy atom. The molecule has 3 N–H and O–H groups in total. The summed E-state index contributed by atoms with van der Waals surface area (Å²) in [6, 6.07) is 0. The number of hydrogen-bond donors (Lipinski definition) is 2. The summed E-state index contributed by atoms with van der Waals surface area (Å²) in [5, 5.41) is 0. The molecule has 0 aromatic carbocycles. The average Bonchev–Trinajstić information content (AvgIpc) is 2.27. The second-order valence-electron chi connectivity index (χ2n) is 4.58. The van der Waals surface area contributed by atoms with Crippen LogP contribution < -0.4 is 10.5 Å². The summed E-state index contributed by atoms with van der Waals surface area (Å²) in [6.45, 7) is 0.187. The number of sulfonamides is 1. The van der Waals surface area contributed by atoms with Gasteiger partial charge in [0, 0.05) is 12.1 Å². The van der Waals surface area contributed by atoms with Crippen molar-refractivity contribution in [3.63, 3.8) is 0 Å². The van der Waals surface area contributed by atoms with Crippen molar-refractivity contribution >= 4 is 16.0 Å². The van der Waals surface area contributed by atoms with Crippen LogP contribution in [0.3, 0.4) is 0 Å². The molecule has 1 aliphatic rings. The van der Waals surface area contributed by atoms with Gasteiger partial charge in [0.05, 0.1) is 7.11 Å². The van der Waals surface area contributed by atoms with E-state index in [1.54, 1.807) is 0 Å². The van der Waals surface area contributed by atoms with E-state index in [-0.39, 0.29) is 6.54 Å². The normalized spacial score (nSPS) is 19.9. The zero-order valence-electron chi connectivity index (χ0n) is 10.1. The Balaban J connectivity index is 2.46. The zero-order valence-corrected chi connectivity index (χ0v) is 10.9. The van der Waals surface area contributed by atoms with E-state index in [1.165, 1.54) is 0 Å². The minimum atomic E-state index is -3.63. The second kappa shape index (κ2) is 5.79. The fourth-order valence-corrected chi connectivity index (χ4v) is 2.99. The first kappa shape index (κ1) is 14.4. The molecule has 0 aromatic rings. The molecule has 0 unspecified atom stereocenters. The summed E-state index contributed by atoms with van der Waals surface area (Å²) < 4.78 is 29.7. The lowest BCUT2D eigenvalue weighted by atomic mass is 9.83. The molecule has 0 bridgehead atoms. The highest BCUT2D eigenvalue weighted by Gasteiger charge is 2.29. The van der Waals surface area contributed by atoms with Gasteiger partial charge in [0.1, 0.15) is 0 Å². The molecule has 0 aromatic heterocycles. The first-order chi connectivity index (χ1) is 7.87. The van der Waals surface area contributed by atoms with Crippen molar-refractivity contribution in [2.45, 2.75) is 37.6 Å². The number of carbonyl (C=O) groups excluding carboxylic acids is 1. The van der Waals surface area contributed by atoms with Gasteiger partial charge in [-0.1, -0.05) is 19.3 Å². The molecule has 0 spiro atoms. The Hall–Kier alpha value is -0.660. The second-order valence-corrected chi connectivity index (χ2v) is 6.39. The molecule has 0 atom stereocenters. The smallest absolute Gasteiger partial charge is 0.322 e. The summed E-state index contributed by atoms with van der Waals surface area (Å²) in [7, 11) is -2.48. The van der Waals surface area contributed by atoms with Gasteiger partial charge in [0.2, 0.25) is 10.0 Å². The van der Waals surface area contributed by atoms with Crippen molar-refractivity contribution in [3.05, 3.63) is 0 Å². The van der Waals surface area contributed by atoms with Gasteiger partial charge in [-0.25, -0.2) is 13.1 Å². The third-order valence-electron chi connectivity index (χ3n) is 3.03. The number of nitrogens with two attached hydrogens (primary N) is 1. The van der Waals surface area contributed by atoms with Gasteiger partial charge in [-0.2, -0.15) is 0 Å². The molecular weight excluding hydrogens is 244 g/mol. The Labute approximate surface area is 102 Å². The van der Waals surface area contributed by atoms with Crippen molar-refractivity contribution < 1.29 is 17.9 Å². The van der Waals surface area contributed by atoms with E-state index < -0.39 is 27.3 Å². The van der Waals surface area contributed by atoms with Crippen LogP contribution in [-0.2, 0) is 19.6 Å².